The Morgan fingerprint density at radius 2 is 1.89 bits per heavy atom. The van der Waals surface area contributed by atoms with Crippen molar-refractivity contribution in [1.82, 2.24) is 10.2 Å². The third-order valence-corrected chi connectivity index (χ3v) is 5.52. The van der Waals surface area contributed by atoms with Crippen molar-refractivity contribution in [3.63, 3.8) is 0 Å². The van der Waals surface area contributed by atoms with Gasteiger partial charge in [-0.3, -0.25) is 4.90 Å². The Balaban J connectivity index is 1.65. The summed E-state index contributed by atoms with van der Waals surface area (Å²) in [6, 6.07) is 0. The molecule has 0 aromatic rings. The van der Waals surface area contributed by atoms with E-state index in [1.165, 1.54) is 32.2 Å². The molecule has 2 saturated heterocycles. The van der Waals surface area contributed by atoms with Gasteiger partial charge < -0.3 is 10.1 Å². The summed E-state index contributed by atoms with van der Waals surface area (Å²) >= 11 is 0. The van der Waals surface area contributed by atoms with Crippen LogP contribution in [0, 0.1) is 5.92 Å². The summed E-state index contributed by atoms with van der Waals surface area (Å²) in [6.07, 6.45) is 6.21. The molecule has 0 radical (unpaired) electrons. The topological polar surface area (TPSA) is 24.5 Å². The molecule has 3 fully saturated rings. The summed E-state index contributed by atoms with van der Waals surface area (Å²) in [6.45, 7) is 12.8. The fourth-order valence-corrected chi connectivity index (χ4v) is 3.77. The van der Waals surface area contributed by atoms with E-state index in [9.17, 15) is 0 Å². The van der Waals surface area contributed by atoms with Crippen LogP contribution in [-0.4, -0.2) is 47.8 Å². The van der Waals surface area contributed by atoms with Crippen molar-refractivity contribution < 1.29 is 4.74 Å². The SMILES string of the molecule is CC1CCC(CN2CC(C)(C3CC3)NCC2(C)C)O1. The lowest BCUT2D eigenvalue weighted by Crippen LogP contribution is -2.68. The average molecular weight is 266 g/mol. The number of ether oxygens (including phenoxy) is 1. The van der Waals surface area contributed by atoms with Gasteiger partial charge >= 0.3 is 0 Å². The van der Waals surface area contributed by atoms with Crippen LogP contribution in [0.3, 0.4) is 0 Å². The highest BCUT2D eigenvalue weighted by atomic mass is 16.5. The molecule has 3 atom stereocenters. The summed E-state index contributed by atoms with van der Waals surface area (Å²) in [4.78, 5) is 2.69. The Morgan fingerprint density at radius 1 is 1.16 bits per heavy atom. The molecule has 3 nitrogen and oxygen atoms in total. The smallest absolute Gasteiger partial charge is 0.0706 e. The Kier molecular flexibility index (Phi) is 3.43. The molecule has 0 amide bonds. The number of hydrogen-bond acceptors (Lipinski definition) is 3. The van der Waals surface area contributed by atoms with Gasteiger partial charge in [-0.25, -0.2) is 0 Å². The van der Waals surface area contributed by atoms with Gasteiger partial charge in [0.05, 0.1) is 12.2 Å². The summed E-state index contributed by atoms with van der Waals surface area (Å²) in [5.74, 6) is 0.898. The van der Waals surface area contributed by atoms with Gasteiger partial charge in [0.1, 0.15) is 0 Å². The van der Waals surface area contributed by atoms with Crippen molar-refractivity contribution >= 4 is 0 Å². The molecule has 3 unspecified atom stereocenters. The highest BCUT2D eigenvalue weighted by molar-refractivity contribution is 5.07. The Labute approximate surface area is 118 Å². The fourth-order valence-electron chi connectivity index (χ4n) is 3.77. The van der Waals surface area contributed by atoms with Gasteiger partial charge in [0.15, 0.2) is 0 Å². The Morgan fingerprint density at radius 3 is 2.47 bits per heavy atom. The summed E-state index contributed by atoms with van der Waals surface area (Å²) in [5, 5.41) is 3.83. The van der Waals surface area contributed by atoms with Gasteiger partial charge in [-0.05, 0) is 59.3 Å². The van der Waals surface area contributed by atoms with Gasteiger partial charge in [-0.1, -0.05) is 0 Å². The predicted molar refractivity (Wildman–Crippen MR) is 78.4 cm³/mol. The zero-order valence-electron chi connectivity index (χ0n) is 13.0. The lowest BCUT2D eigenvalue weighted by atomic mass is 9.86. The number of hydrogen-bond donors (Lipinski definition) is 1. The monoisotopic (exact) mass is 266 g/mol. The molecule has 0 aromatic heterocycles. The van der Waals surface area contributed by atoms with Gasteiger partial charge in [0.25, 0.3) is 0 Å². The number of nitrogens with one attached hydrogen (secondary N) is 1. The molecule has 3 aliphatic rings. The molecule has 110 valence electrons. The third-order valence-electron chi connectivity index (χ3n) is 5.52. The minimum atomic E-state index is 0.254. The number of rotatable bonds is 3. The molecule has 3 rings (SSSR count). The van der Waals surface area contributed by atoms with E-state index in [1.807, 2.05) is 0 Å². The summed E-state index contributed by atoms with van der Waals surface area (Å²) in [5.41, 5.74) is 0.587. The fraction of sp³-hybridized carbons (Fsp3) is 1.00. The quantitative estimate of drug-likeness (QED) is 0.849. The van der Waals surface area contributed by atoms with Gasteiger partial charge in [-0.2, -0.15) is 0 Å². The maximum Gasteiger partial charge on any atom is 0.0706 e. The zero-order valence-corrected chi connectivity index (χ0v) is 13.0. The Bertz CT molecular complexity index is 340. The normalized spacial score (nSPS) is 43.6. The molecule has 1 N–H and O–H groups in total. The Hall–Kier alpha value is -0.120. The van der Waals surface area contributed by atoms with Crippen LogP contribution in [0.1, 0.15) is 53.4 Å². The van der Waals surface area contributed by atoms with Crippen LogP contribution in [0.15, 0.2) is 0 Å². The predicted octanol–water partition coefficient (Wildman–Crippen LogP) is 2.41. The van der Waals surface area contributed by atoms with Crippen LogP contribution in [0.25, 0.3) is 0 Å². The maximum absolute atomic E-state index is 6.04. The molecule has 2 heterocycles. The van der Waals surface area contributed by atoms with Crippen molar-refractivity contribution in [3.8, 4) is 0 Å². The lowest BCUT2D eigenvalue weighted by molar-refractivity contribution is -0.0287. The van der Waals surface area contributed by atoms with Gasteiger partial charge in [-0.15, -0.1) is 0 Å². The van der Waals surface area contributed by atoms with E-state index in [1.54, 1.807) is 0 Å². The van der Waals surface area contributed by atoms with E-state index in [-0.39, 0.29) is 5.54 Å². The number of nitrogens with zero attached hydrogens (tertiary/aromatic N) is 1. The van der Waals surface area contributed by atoms with Crippen LogP contribution in [0.4, 0.5) is 0 Å². The first kappa shape index (κ1) is 13.8. The van der Waals surface area contributed by atoms with Crippen molar-refractivity contribution in [2.24, 2.45) is 5.92 Å². The van der Waals surface area contributed by atoms with Crippen molar-refractivity contribution in [2.75, 3.05) is 19.6 Å². The minimum absolute atomic E-state index is 0.254. The third kappa shape index (κ3) is 2.84. The molecule has 1 saturated carbocycles. The van der Waals surface area contributed by atoms with Crippen LogP contribution in [0.2, 0.25) is 0 Å². The summed E-state index contributed by atoms with van der Waals surface area (Å²) in [7, 11) is 0. The maximum atomic E-state index is 6.04. The van der Waals surface area contributed by atoms with Gasteiger partial charge in [0.2, 0.25) is 0 Å². The zero-order chi connectivity index (χ0) is 13.7. The minimum Gasteiger partial charge on any atom is -0.374 e. The standard InChI is InChI=1S/C16H30N2O/c1-12-5-8-14(19-12)9-18-11-16(4,13-6-7-13)17-10-15(18,2)3/h12-14,17H,5-11H2,1-4H3. The van der Waals surface area contributed by atoms with Crippen LogP contribution in [-0.2, 0) is 4.74 Å². The van der Waals surface area contributed by atoms with Gasteiger partial charge in [0, 0.05) is 30.7 Å². The highest BCUT2D eigenvalue weighted by Crippen LogP contribution is 2.42. The molecular weight excluding hydrogens is 236 g/mol. The lowest BCUT2D eigenvalue weighted by Gasteiger charge is -2.51. The molecule has 1 aliphatic carbocycles. The van der Waals surface area contributed by atoms with E-state index in [2.05, 4.69) is 37.9 Å². The molecule has 3 heteroatoms. The second-order valence-corrected chi connectivity index (χ2v) is 7.88. The first-order chi connectivity index (χ1) is 8.89. The summed E-state index contributed by atoms with van der Waals surface area (Å²) < 4.78 is 6.04. The molecule has 0 spiro atoms. The second-order valence-electron chi connectivity index (χ2n) is 7.88. The van der Waals surface area contributed by atoms with Crippen LogP contribution in [0.5, 0.6) is 0 Å². The van der Waals surface area contributed by atoms with E-state index < -0.39 is 0 Å². The van der Waals surface area contributed by atoms with Crippen LogP contribution < -0.4 is 5.32 Å². The number of piperazine rings is 1. The molecular formula is C16H30N2O. The van der Waals surface area contributed by atoms with Crippen molar-refractivity contribution in [2.45, 2.75) is 76.7 Å². The highest BCUT2D eigenvalue weighted by Gasteiger charge is 2.48. The average Bonchev–Trinajstić information content (AvgIpc) is 3.11. The van der Waals surface area contributed by atoms with E-state index >= 15 is 0 Å². The van der Waals surface area contributed by atoms with Crippen LogP contribution >= 0.6 is 0 Å². The first-order valence-corrected chi connectivity index (χ1v) is 8.05. The molecule has 19 heavy (non-hydrogen) atoms. The largest absolute Gasteiger partial charge is 0.374 e. The second kappa shape index (κ2) is 4.71. The van der Waals surface area contributed by atoms with E-state index in [0.29, 0.717) is 17.7 Å². The van der Waals surface area contributed by atoms with E-state index in [4.69, 9.17) is 4.74 Å². The molecule has 0 aromatic carbocycles. The molecule has 0 bridgehead atoms. The molecule has 2 aliphatic heterocycles. The first-order valence-electron chi connectivity index (χ1n) is 8.05. The van der Waals surface area contributed by atoms with Crippen molar-refractivity contribution in [3.05, 3.63) is 0 Å². The van der Waals surface area contributed by atoms with E-state index in [0.717, 1.165) is 19.0 Å². The van der Waals surface area contributed by atoms with Crippen molar-refractivity contribution in [1.29, 1.82) is 0 Å².